The molecule has 0 spiro atoms. The molecule has 0 radical (unpaired) electrons. The van der Waals surface area contributed by atoms with Crippen LogP contribution in [0.4, 0.5) is 5.95 Å². The first-order valence-electron chi connectivity index (χ1n) is 9.85. The molecule has 2 aliphatic rings. The summed E-state index contributed by atoms with van der Waals surface area (Å²) in [5, 5.41) is 2.94. The molecular weight excluding hydrogens is 370 g/mol. The minimum atomic E-state index is -0.891. The lowest BCUT2D eigenvalue weighted by molar-refractivity contribution is -0.144. The van der Waals surface area contributed by atoms with Crippen molar-refractivity contribution >= 4 is 17.8 Å². The van der Waals surface area contributed by atoms with Crippen LogP contribution in [0.2, 0.25) is 0 Å². The largest absolute Gasteiger partial charge is 0.497 e. The van der Waals surface area contributed by atoms with Gasteiger partial charge in [-0.3, -0.25) is 9.59 Å². The number of benzene rings is 1. The van der Waals surface area contributed by atoms with Gasteiger partial charge in [-0.15, -0.1) is 0 Å². The van der Waals surface area contributed by atoms with Crippen molar-refractivity contribution in [2.75, 3.05) is 38.2 Å². The van der Waals surface area contributed by atoms with E-state index in [0.717, 1.165) is 11.3 Å². The van der Waals surface area contributed by atoms with Gasteiger partial charge in [-0.05, 0) is 36.6 Å². The first-order chi connectivity index (χ1) is 14.1. The average Bonchev–Trinajstić information content (AvgIpc) is 3.60. The van der Waals surface area contributed by atoms with E-state index in [-0.39, 0.29) is 11.8 Å². The number of methoxy groups -OCH3 is 1. The molecule has 1 N–H and O–H groups in total. The molecule has 2 fully saturated rings. The van der Waals surface area contributed by atoms with Crippen LogP contribution in [-0.4, -0.2) is 60.0 Å². The van der Waals surface area contributed by atoms with Crippen molar-refractivity contribution in [1.82, 2.24) is 20.2 Å². The second-order valence-electron chi connectivity index (χ2n) is 7.44. The highest BCUT2D eigenvalue weighted by Crippen LogP contribution is 2.47. The van der Waals surface area contributed by atoms with Gasteiger partial charge in [-0.2, -0.15) is 0 Å². The number of nitrogens with zero attached hydrogens (tertiary/aromatic N) is 4. The molecule has 152 valence electrons. The highest BCUT2D eigenvalue weighted by molar-refractivity contribution is 6.07. The molecule has 2 aromatic rings. The minimum Gasteiger partial charge on any atom is -0.497 e. The number of anilines is 1. The second kappa shape index (κ2) is 8.06. The maximum Gasteiger partial charge on any atom is 0.238 e. The summed E-state index contributed by atoms with van der Waals surface area (Å²) in [6.07, 6.45) is 4.66. The maximum atomic E-state index is 13.1. The van der Waals surface area contributed by atoms with E-state index in [2.05, 4.69) is 20.2 Å². The van der Waals surface area contributed by atoms with Crippen molar-refractivity contribution in [1.29, 1.82) is 0 Å². The molecule has 8 heteroatoms. The molecule has 1 saturated heterocycles. The topological polar surface area (TPSA) is 87.7 Å². The third-order valence-electron chi connectivity index (χ3n) is 5.61. The van der Waals surface area contributed by atoms with Crippen LogP contribution in [0.5, 0.6) is 5.75 Å². The van der Waals surface area contributed by atoms with Gasteiger partial charge in [0.2, 0.25) is 17.8 Å². The molecule has 0 bridgehead atoms. The summed E-state index contributed by atoms with van der Waals surface area (Å²) in [4.78, 5) is 38.2. The molecular formula is C21H25N5O3. The minimum absolute atomic E-state index is 0.0571. The number of carbonyl (C=O) groups is 2. The maximum absolute atomic E-state index is 13.1. The number of hydrogen-bond acceptors (Lipinski definition) is 6. The molecule has 4 rings (SSSR count). The molecule has 0 unspecified atom stereocenters. The summed E-state index contributed by atoms with van der Waals surface area (Å²) in [7, 11) is 1.62. The summed E-state index contributed by atoms with van der Waals surface area (Å²) < 4.78 is 5.14. The zero-order valence-corrected chi connectivity index (χ0v) is 16.5. The summed E-state index contributed by atoms with van der Waals surface area (Å²) in [5.41, 5.74) is 0.0802. The van der Waals surface area contributed by atoms with Gasteiger partial charge in [0.05, 0.1) is 7.11 Å². The van der Waals surface area contributed by atoms with Gasteiger partial charge < -0.3 is 19.9 Å². The highest BCUT2D eigenvalue weighted by Gasteiger charge is 2.58. The summed E-state index contributed by atoms with van der Waals surface area (Å²) in [6.45, 7) is 2.88. The van der Waals surface area contributed by atoms with E-state index < -0.39 is 5.41 Å². The van der Waals surface area contributed by atoms with Gasteiger partial charge in [0.15, 0.2) is 0 Å². The van der Waals surface area contributed by atoms with E-state index in [9.17, 15) is 9.59 Å². The number of rotatable bonds is 6. The summed E-state index contributed by atoms with van der Waals surface area (Å²) in [6, 6.07) is 9.31. The Kier molecular flexibility index (Phi) is 5.33. The molecule has 1 aromatic heterocycles. The monoisotopic (exact) mass is 395 g/mol. The van der Waals surface area contributed by atoms with Gasteiger partial charge in [-0.1, -0.05) is 12.1 Å². The van der Waals surface area contributed by atoms with Crippen LogP contribution in [0.25, 0.3) is 0 Å². The lowest BCUT2D eigenvalue weighted by atomic mass is 10.0. The van der Waals surface area contributed by atoms with E-state index in [1.54, 1.807) is 30.5 Å². The van der Waals surface area contributed by atoms with Crippen LogP contribution < -0.4 is 15.0 Å². The molecule has 2 amide bonds. The van der Waals surface area contributed by atoms with Gasteiger partial charge >= 0.3 is 0 Å². The predicted molar refractivity (Wildman–Crippen MR) is 107 cm³/mol. The molecule has 2 heterocycles. The molecule has 1 aliphatic carbocycles. The Morgan fingerprint density at radius 1 is 1.07 bits per heavy atom. The molecule has 29 heavy (non-hydrogen) atoms. The molecule has 0 atom stereocenters. The predicted octanol–water partition coefficient (Wildman–Crippen LogP) is 1.23. The number of piperazine rings is 1. The number of nitrogens with one attached hydrogen (secondary N) is 1. The lowest BCUT2D eigenvalue weighted by Crippen LogP contribution is -2.53. The van der Waals surface area contributed by atoms with E-state index in [4.69, 9.17) is 4.74 Å². The van der Waals surface area contributed by atoms with Crippen LogP contribution in [0.1, 0.15) is 18.4 Å². The van der Waals surface area contributed by atoms with Crippen molar-refractivity contribution in [3.05, 3.63) is 48.3 Å². The number of amides is 2. The third kappa shape index (κ3) is 4.01. The van der Waals surface area contributed by atoms with Crippen molar-refractivity contribution in [3.8, 4) is 5.75 Å². The van der Waals surface area contributed by atoms with Gasteiger partial charge in [0.1, 0.15) is 11.2 Å². The zero-order valence-electron chi connectivity index (χ0n) is 16.5. The first kappa shape index (κ1) is 19.2. The van der Waals surface area contributed by atoms with Crippen molar-refractivity contribution < 1.29 is 14.3 Å². The first-order valence-corrected chi connectivity index (χ1v) is 9.85. The fourth-order valence-corrected chi connectivity index (χ4v) is 3.62. The normalized spacial score (nSPS) is 17.6. The Morgan fingerprint density at radius 2 is 1.72 bits per heavy atom. The van der Waals surface area contributed by atoms with E-state index >= 15 is 0 Å². The lowest BCUT2D eigenvalue weighted by Gasteiger charge is -2.36. The van der Waals surface area contributed by atoms with Crippen LogP contribution >= 0.6 is 0 Å². The van der Waals surface area contributed by atoms with Crippen LogP contribution in [0, 0.1) is 5.41 Å². The van der Waals surface area contributed by atoms with Gasteiger partial charge in [0, 0.05) is 45.1 Å². The Morgan fingerprint density at radius 3 is 2.31 bits per heavy atom. The number of ether oxygens (including phenoxy) is 1. The van der Waals surface area contributed by atoms with Gasteiger partial charge in [0.25, 0.3) is 0 Å². The smallest absolute Gasteiger partial charge is 0.238 e. The molecule has 1 saturated carbocycles. The summed E-state index contributed by atoms with van der Waals surface area (Å²) in [5.74, 6) is 1.22. The van der Waals surface area contributed by atoms with Crippen molar-refractivity contribution in [2.24, 2.45) is 5.41 Å². The Balaban J connectivity index is 1.31. The second-order valence-corrected chi connectivity index (χ2v) is 7.44. The Labute approximate surface area is 169 Å². The van der Waals surface area contributed by atoms with Crippen molar-refractivity contribution in [2.45, 2.75) is 19.4 Å². The zero-order chi connectivity index (χ0) is 20.3. The van der Waals surface area contributed by atoms with Crippen LogP contribution in [0.3, 0.4) is 0 Å². The van der Waals surface area contributed by atoms with E-state index in [0.29, 0.717) is 51.5 Å². The highest BCUT2D eigenvalue weighted by atomic mass is 16.5. The molecule has 1 aliphatic heterocycles. The molecule has 1 aromatic carbocycles. The number of aromatic nitrogens is 2. The quantitative estimate of drug-likeness (QED) is 0.741. The fraction of sp³-hybridized carbons (Fsp3) is 0.429. The average molecular weight is 395 g/mol. The van der Waals surface area contributed by atoms with Gasteiger partial charge in [-0.25, -0.2) is 9.97 Å². The standard InChI is InChI=1S/C21H25N5O3/c1-29-17-5-3-16(4-6-17)15-24-18(27)21(7-8-21)19(28)25-11-13-26(14-12-25)20-22-9-2-10-23-20/h2-6,9-10H,7-8,11-15H2,1H3,(H,24,27). The summed E-state index contributed by atoms with van der Waals surface area (Å²) >= 11 is 0. The van der Waals surface area contributed by atoms with Crippen LogP contribution in [-0.2, 0) is 16.1 Å². The number of hydrogen-bond donors (Lipinski definition) is 1. The Bertz CT molecular complexity index is 860. The molecule has 8 nitrogen and oxygen atoms in total. The Hall–Kier alpha value is -3.16. The van der Waals surface area contributed by atoms with Crippen molar-refractivity contribution in [3.63, 3.8) is 0 Å². The SMILES string of the molecule is COc1ccc(CNC(=O)C2(C(=O)N3CCN(c4ncccn4)CC3)CC2)cc1. The van der Waals surface area contributed by atoms with E-state index in [1.807, 2.05) is 24.3 Å². The number of carbonyl (C=O) groups excluding carboxylic acids is 2. The van der Waals surface area contributed by atoms with E-state index in [1.165, 1.54) is 0 Å². The fourth-order valence-electron chi connectivity index (χ4n) is 3.62. The third-order valence-corrected chi connectivity index (χ3v) is 5.61. The van der Waals surface area contributed by atoms with Crippen LogP contribution in [0.15, 0.2) is 42.7 Å².